The minimum absolute atomic E-state index is 0.344. The van der Waals surface area contributed by atoms with Crippen molar-refractivity contribution in [3.63, 3.8) is 0 Å². The van der Waals surface area contributed by atoms with Crippen LogP contribution in [-0.4, -0.2) is 20.2 Å². The zero-order chi connectivity index (χ0) is 13.9. The molecule has 0 fully saturated rings. The molecule has 0 spiro atoms. The number of hydrogen-bond donors (Lipinski definition) is 1. The van der Waals surface area contributed by atoms with Crippen molar-refractivity contribution in [2.24, 2.45) is 0 Å². The smallest absolute Gasteiger partial charge is 0.164 e. The molecule has 6 nitrogen and oxygen atoms in total. The number of furan rings is 1. The van der Waals surface area contributed by atoms with Crippen molar-refractivity contribution in [1.82, 2.24) is 20.2 Å². The summed E-state index contributed by atoms with van der Waals surface area (Å²) >= 11 is 2.08. The predicted molar refractivity (Wildman–Crippen MR) is 77.9 cm³/mol. The van der Waals surface area contributed by atoms with Crippen LogP contribution in [0.3, 0.4) is 0 Å². The van der Waals surface area contributed by atoms with Gasteiger partial charge in [0.05, 0.1) is 17.9 Å². The molecule has 1 aromatic carbocycles. The first kappa shape index (κ1) is 13.0. The molecule has 1 N–H and O–H groups in total. The van der Waals surface area contributed by atoms with E-state index in [1.54, 1.807) is 12.1 Å². The number of anilines is 1. The van der Waals surface area contributed by atoms with Gasteiger partial charge in [-0.3, -0.25) is 0 Å². The molecule has 0 saturated carbocycles. The van der Waals surface area contributed by atoms with E-state index in [-0.39, 0.29) is 5.82 Å². The van der Waals surface area contributed by atoms with Crippen LogP contribution in [0.5, 0.6) is 0 Å². The second kappa shape index (κ2) is 5.57. The molecule has 3 aromatic rings. The Kier molecular flexibility index (Phi) is 3.63. The first-order valence-corrected chi connectivity index (χ1v) is 6.81. The average Bonchev–Trinajstić information content (AvgIpc) is 3.09. The molecule has 2 heterocycles. The van der Waals surface area contributed by atoms with Gasteiger partial charge in [-0.05, 0) is 63.3 Å². The second-order valence-corrected chi connectivity index (χ2v) is 5.04. The van der Waals surface area contributed by atoms with Crippen LogP contribution in [0.1, 0.15) is 5.76 Å². The van der Waals surface area contributed by atoms with Gasteiger partial charge in [-0.25, -0.2) is 9.07 Å². The van der Waals surface area contributed by atoms with Crippen molar-refractivity contribution in [3.05, 3.63) is 52.0 Å². The van der Waals surface area contributed by atoms with Gasteiger partial charge in [0.15, 0.2) is 3.77 Å². The molecule has 0 atom stereocenters. The van der Waals surface area contributed by atoms with Crippen molar-refractivity contribution in [2.45, 2.75) is 6.54 Å². The molecule has 0 bridgehead atoms. The molecule has 3 rings (SSSR count). The van der Waals surface area contributed by atoms with Crippen molar-refractivity contribution in [1.29, 1.82) is 0 Å². The van der Waals surface area contributed by atoms with Crippen molar-refractivity contribution < 1.29 is 8.81 Å². The first-order valence-electron chi connectivity index (χ1n) is 5.73. The molecule has 0 amide bonds. The van der Waals surface area contributed by atoms with Crippen molar-refractivity contribution >= 4 is 28.3 Å². The van der Waals surface area contributed by atoms with E-state index in [1.165, 1.54) is 17.1 Å². The van der Waals surface area contributed by atoms with E-state index in [9.17, 15) is 4.39 Å². The lowest BCUT2D eigenvalue weighted by Gasteiger charge is -2.08. The van der Waals surface area contributed by atoms with Gasteiger partial charge in [0.1, 0.15) is 17.9 Å². The third-order valence-electron chi connectivity index (χ3n) is 2.65. The molecule has 0 aliphatic heterocycles. The third-order valence-corrected chi connectivity index (χ3v) is 3.23. The van der Waals surface area contributed by atoms with E-state index in [0.29, 0.717) is 17.9 Å². The van der Waals surface area contributed by atoms with Gasteiger partial charge >= 0.3 is 0 Å². The molecule has 8 heteroatoms. The highest BCUT2D eigenvalue weighted by atomic mass is 127. The van der Waals surface area contributed by atoms with Gasteiger partial charge in [-0.1, -0.05) is 0 Å². The maximum absolute atomic E-state index is 13.8. The molecule has 0 saturated heterocycles. The van der Waals surface area contributed by atoms with Crippen LogP contribution in [-0.2, 0) is 6.54 Å². The zero-order valence-corrected chi connectivity index (χ0v) is 12.3. The number of nitrogens with one attached hydrogen (secondary N) is 1. The lowest BCUT2D eigenvalue weighted by molar-refractivity contribution is 0.492. The summed E-state index contributed by atoms with van der Waals surface area (Å²) in [5, 5.41) is 13.9. The van der Waals surface area contributed by atoms with Crippen LogP contribution in [0, 0.1) is 9.58 Å². The monoisotopic (exact) mass is 385 g/mol. The molecule has 0 aliphatic rings. The fourth-order valence-corrected chi connectivity index (χ4v) is 2.16. The van der Waals surface area contributed by atoms with E-state index >= 15 is 0 Å². The Morgan fingerprint density at radius 1 is 1.30 bits per heavy atom. The van der Waals surface area contributed by atoms with Gasteiger partial charge in [0.2, 0.25) is 0 Å². The zero-order valence-electron chi connectivity index (χ0n) is 10.1. The standard InChI is InChI=1S/C12H9FIN5O/c13-10-3-1-8(19-7-16-17-18-19)5-11(10)15-6-9-2-4-12(14)20-9/h1-5,7,15H,6H2. The van der Waals surface area contributed by atoms with Crippen LogP contribution >= 0.6 is 22.6 Å². The molecule has 0 radical (unpaired) electrons. The second-order valence-electron chi connectivity index (χ2n) is 3.98. The van der Waals surface area contributed by atoms with Crippen LogP contribution < -0.4 is 5.32 Å². The summed E-state index contributed by atoms with van der Waals surface area (Å²) in [7, 11) is 0. The van der Waals surface area contributed by atoms with Crippen molar-refractivity contribution in [2.75, 3.05) is 5.32 Å². The number of aromatic nitrogens is 4. The lowest BCUT2D eigenvalue weighted by atomic mass is 10.2. The first-order chi connectivity index (χ1) is 9.72. The highest BCUT2D eigenvalue weighted by molar-refractivity contribution is 14.1. The fraction of sp³-hybridized carbons (Fsp3) is 0.0833. The van der Waals surface area contributed by atoms with Crippen LogP contribution in [0.2, 0.25) is 0 Å². The molecule has 20 heavy (non-hydrogen) atoms. The summed E-state index contributed by atoms with van der Waals surface area (Å²) in [6, 6.07) is 8.31. The Hall–Kier alpha value is -1.97. The molecule has 102 valence electrons. The number of rotatable bonds is 4. The Labute approximate surface area is 127 Å². The van der Waals surface area contributed by atoms with Crippen molar-refractivity contribution in [3.8, 4) is 5.69 Å². The van der Waals surface area contributed by atoms with E-state index in [2.05, 4.69) is 43.4 Å². The van der Waals surface area contributed by atoms with Gasteiger partial charge in [0.25, 0.3) is 0 Å². The van der Waals surface area contributed by atoms with Crippen LogP contribution in [0.15, 0.2) is 41.1 Å². The molecule has 2 aromatic heterocycles. The molecule has 0 unspecified atom stereocenters. The third kappa shape index (κ3) is 2.79. The fourth-order valence-electron chi connectivity index (χ4n) is 1.70. The highest BCUT2D eigenvalue weighted by Gasteiger charge is 2.07. The van der Waals surface area contributed by atoms with Gasteiger partial charge in [-0.15, -0.1) is 5.10 Å². The van der Waals surface area contributed by atoms with Crippen LogP contribution in [0.25, 0.3) is 5.69 Å². The summed E-state index contributed by atoms with van der Waals surface area (Å²) in [6.45, 7) is 0.402. The number of halogens is 2. The van der Waals surface area contributed by atoms with E-state index < -0.39 is 0 Å². The number of nitrogens with zero attached hydrogens (tertiary/aromatic N) is 4. The van der Waals surface area contributed by atoms with Gasteiger partial charge < -0.3 is 9.73 Å². The topological polar surface area (TPSA) is 68.8 Å². The minimum Gasteiger partial charge on any atom is -0.454 e. The van der Waals surface area contributed by atoms with Crippen LogP contribution in [0.4, 0.5) is 10.1 Å². The predicted octanol–water partition coefficient (Wildman–Crippen LogP) is 2.61. The highest BCUT2D eigenvalue weighted by Crippen LogP contribution is 2.19. The summed E-state index contributed by atoms with van der Waals surface area (Å²) in [5.41, 5.74) is 1.04. The summed E-state index contributed by atoms with van der Waals surface area (Å²) in [6.07, 6.45) is 1.45. The Bertz CT molecular complexity index is 712. The number of hydrogen-bond acceptors (Lipinski definition) is 5. The van der Waals surface area contributed by atoms with Gasteiger partial charge in [-0.2, -0.15) is 0 Å². The van der Waals surface area contributed by atoms with E-state index in [4.69, 9.17) is 4.42 Å². The SMILES string of the molecule is Fc1ccc(-n2cnnn2)cc1NCc1ccc(I)o1. The maximum atomic E-state index is 13.8. The minimum atomic E-state index is -0.344. The number of tetrazole rings is 1. The quantitative estimate of drug-likeness (QED) is 0.700. The largest absolute Gasteiger partial charge is 0.454 e. The lowest BCUT2D eigenvalue weighted by Crippen LogP contribution is -2.03. The summed E-state index contributed by atoms with van der Waals surface area (Å²) in [4.78, 5) is 0. The normalized spacial score (nSPS) is 10.7. The van der Waals surface area contributed by atoms with E-state index in [1.807, 2.05) is 12.1 Å². The summed E-state index contributed by atoms with van der Waals surface area (Å²) < 4.78 is 21.4. The Balaban J connectivity index is 1.80. The van der Waals surface area contributed by atoms with E-state index in [0.717, 1.165) is 9.53 Å². The number of benzene rings is 1. The van der Waals surface area contributed by atoms with Gasteiger partial charge in [0, 0.05) is 0 Å². The Morgan fingerprint density at radius 3 is 2.90 bits per heavy atom. The summed E-state index contributed by atoms with van der Waals surface area (Å²) in [5.74, 6) is 0.393. The molecular formula is C12H9FIN5O. The Morgan fingerprint density at radius 2 is 2.20 bits per heavy atom. The molecular weight excluding hydrogens is 376 g/mol. The maximum Gasteiger partial charge on any atom is 0.164 e. The molecule has 0 aliphatic carbocycles. The average molecular weight is 385 g/mol.